The summed E-state index contributed by atoms with van der Waals surface area (Å²) in [4.78, 5) is 19.9. The highest BCUT2D eigenvalue weighted by molar-refractivity contribution is 5.89. The molecule has 1 aromatic heterocycles. The van der Waals surface area contributed by atoms with Crippen LogP contribution in [-0.4, -0.2) is 23.0 Å². The maximum atomic E-state index is 13.8. The van der Waals surface area contributed by atoms with Crippen LogP contribution in [0.1, 0.15) is 16.1 Å². The van der Waals surface area contributed by atoms with E-state index in [1.54, 1.807) is 37.3 Å². The molecule has 8 heteroatoms. The Hall–Kier alpha value is -3.55. The number of aromatic nitrogens is 2. The molecule has 2 aromatic carbocycles. The maximum Gasteiger partial charge on any atom is 0.337 e. The van der Waals surface area contributed by atoms with E-state index < -0.39 is 17.6 Å². The first kappa shape index (κ1) is 18.2. The number of hydrogen-bond acceptors (Lipinski definition) is 6. The number of nitrogens with zero attached hydrogens (tertiary/aromatic N) is 2. The third kappa shape index (κ3) is 4.35. The lowest BCUT2D eigenvalue weighted by molar-refractivity contribution is 0.0601. The van der Waals surface area contributed by atoms with Gasteiger partial charge in [-0.05, 0) is 43.3 Å². The third-order valence-corrected chi connectivity index (χ3v) is 3.63. The van der Waals surface area contributed by atoms with Crippen LogP contribution in [0.2, 0.25) is 0 Å². The second-order valence-electron chi connectivity index (χ2n) is 5.63. The molecule has 0 saturated heterocycles. The molecule has 27 heavy (non-hydrogen) atoms. The Morgan fingerprint density at radius 1 is 1.00 bits per heavy atom. The third-order valence-electron chi connectivity index (χ3n) is 3.63. The van der Waals surface area contributed by atoms with E-state index in [9.17, 15) is 13.6 Å². The zero-order chi connectivity index (χ0) is 19.4. The number of ether oxygens (including phenoxy) is 1. The molecule has 1 heterocycles. The molecule has 0 aliphatic rings. The van der Waals surface area contributed by atoms with Gasteiger partial charge in [-0.15, -0.1) is 0 Å². The Balaban J connectivity index is 1.82. The smallest absolute Gasteiger partial charge is 0.337 e. The topological polar surface area (TPSA) is 76.1 Å². The van der Waals surface area contributed by atoms with Crippen molar-refractivity contribution in [3.8, 4) is 0 Å². The molecule has 0 saturated carbocycles. The Labute approximate surface area is 154 Å². The molecular formula is C19H16F2N4O2. The van der Waals surface area contributed by atoms with Crippen LogP contribution in [0, 0.1) is 18.6 Å². The van der Waals surface area contributed by atoms with E-state index in [4.69, 9.17) is 0 Å². The Kier molecular flexibility index (Phi) is 5.25. The first-order chi connectivity index (χ1) is 13.0. The first-order valence-corrected chi connectivity index (χ1v) is 7.98. The van der Waals surface area contributed by atoms with E-state index in [1.165, 1.54) is 13.2 Å². The van der Waals surface area contributed by atoms with Gasteiger partial charge in [0.25, 0.3) is 0 Å². The number of hydrogen-bond donors (Lipinski definition) is 2. The zero-order valence-corrected chi connectivity index (χ0v) is 14.6. The lowest BCUT2D eigenvalue weighted by atomic mass is 10.2. The molecule has 0 bridgehead atoms. The van der Waals surface area contributed by atoms with Crippen LogP contribution in [0.3, 0.4) is 0 Å². The minimum absolute atomic E-state index is 0.236. The fraction of sp³-hybridized carbons (Fsp3) is 0.105. The summed E-state index contributed by atoms with van der Waals surface area (Å²) in [6, 6.07) is 11.7. The Bertz CT molecular complexity index is 958. The van der Waals surface area contributed by atoms with Gasteiger partial charge in [0, 0.05) is 17.4 Å². The maximum absolute atomic E-state index is 13.8. The van der Waals surface area contributed by atoms with Crippen molar-refractivity contribution in [1.82, 2.24) is 9.97 Å². The second kappa shape index (κ2) is 7.77. The molecule has 3 rings (SSSR count). The fourth-order valence-electron chi connectivity index (χ4n) is 2.37. The highest BCUT2D eigenvalue weighted by atomic mass is 19.1. The van der Waals surface area contributed by atoms with Crippen LogP contribution >= 0.6 is 0 Å². The van der Waals surface area contributed by atoms with Crippen LogP contribution in [0.25, 0.3) is 0 Å². The number of halogens is 2. The highest BCUT2D eigenvalue weighted by Crippen LogP contribution is 2.24. The fourth-order valence-corrected chi connectivity index (χ4v) is 2.37. The summed E-state index contributed by atoms with van der Waals surface area (Å²) in [7, 11) is 1.31. The quantitative estimate of drug-likeness (QED) is 0.651. The standard InChI is InChI=1S/C19H16F2N4O2/c1-11-10-16(24-17-14(20)4-3-5-15(17)21)25-19(22-11)23-13-8-6-12(7-9-13)18(26)27-2/h3-10H,1-2H3,(H2,22,23,24,25). The van der Waals surface area contributed by atoms with Gasteiger partial charge in [-0.1, -0.05) is 6.07 Å². The Morgan fingerprint density at radius 3 is 2.30 bits per heavy atom. The number of anilines is 4. The van der Waals surface area contributed by atoms with Crippen LogP contribution < -0.4 is 10.6 Å². The molecule has 0 aliphatic carbocycles. The summed E-state index contributed by atoms with van der Waals surface area (Å²) in [5.41, 5.74) is 1.35. The van der Waals surface area contributed by atoms with Crippen molar-refractivity contribution in [3.63, 3.8) is 0 Å². The minimum Gasteiger partial charge on any atom is -0.465 e. The number of carbonyl (C=O) groups is 1. The van der Waals surface area contributed by atoms with Gasteiger partial charge in [-0.3, -0.25) is 0 Å². The van der Waals surface area contributed by atoms with Crippen molar-refractivity contribution in [2.45, 2.75) is 6.92 Å². The Morgan fingerprint density at radius 2 is 1.67 bits per heavy atom. The van der Waals surface area contributed by atoms with Crippen LogP contribution in [0.15, 0.2) is 48.5 Å². The number of para-hydroxylation sites is 1. The normalized spacial score (nSPS) is 10.4. The number of benzene rings is 2. The summed E-state index contributed by atoms with van der Waals surface area (Å²) in [6.07, 6.45) is 0. The molecular weight excluding hydrogens is 354 g/mol. The molecule has 3 aromatic rings. The molecule has 6 nitrogen and oxygen atoms in total. The van der Waals surface area contributed by atoms with Gasteiger partial charge in [0.2, 0.25) is 5.95 Å². The molecule has 0 radical (unpaired) electrons. The monoisotopic (exact) mass is 370 g/mol. The molecule has 0 unspecified atom stereocenters. The van der Waals surface area contributed by atoms with Gasteiger partial charge in [0.05, 0.1) is 12.7 Å². The SMILES string of the molecule is COC(=O)c1ccc(Nc2nc(C)cc(Nc3c(F)cccc3F)n2)cc1. The summed E-state index contributed by atoms with van der Waals surface area (Å²) >= 11 is 0. The molecule has 138 valence electrons. The van der Waals surface area contributed by atoms with E-state index in [0.717, 1.165) is 12.1 Å². The predicted molar refractivity (Wildman–Crippen MR) is 97.5 cm³/mol. The number of nitrogens with one attached hydrogen (secondary N) is 2. The van der Waals surface area contributed by atoms with Crippen LogP contribution in [0.5, 0.6) is 0 Å². The predicted octanol–water partition coefficient (Wildman–Crippen LogP) is 4.34. The summed E-state index contributed by atoms with van der Waals surface area (Å²) in [6.45, 7) is 1.73. The van der Waals surface area contributed by atoms with Crippen molar-refractivity contribution in [3.05, 3.63) is 71.4 Å². The molecule has 0 spiro atoms. The van der Waals surface area contributed by atoms with Crippen molar-refractivity contribution < 1.29 is 18.3 Å². The minimum atomic E-state index is -0.723. The molecule has 0 amide bonds. The lowest BCUT2D eigenvalue weighted by Gasteiger charge is -2.11. The summed E-state index contributed by atoms with van der Waals surface area (Å²) < 4.78 is 32.3. The van der Waals surface area contributed by atoms with Crippen LogP contribution in [-0.2, 0) is 4.74 Å². The van der Waals surface area contributed by atoms with Crippen molar-refractivity contribution in [1.29, 1.82) is 0 Å². The second-order valence-corrected chi connectivity index (χ2v) is 5.63. The highest BCUT2D eigenvalue weighted by Gasteiger charge is 2.11. The van der Waals surface area contributed by atoms with E-state index in [-0.39, 0.29) is 17.5 Å². The number of esters is 1. The van der Waals surface area contributed by atoms with Crippen molar-refractivity contribution >= 4 is 29.1 Å². The molecule has 2 N–H and O–H groups in total. The van der Waals surface area contributed by atoms with E-state index in [2.05, 4.69) is 25.3 Å². The summed E-state index contributed by atoms with van der Waals surface area (Å²) in [5, 5.41) is 5.62. The van der Waals surface area contributed by atoms with Gasteiger partial charge in [0.15, 0.2) is 0 Å². The van der Waals surface area contributed by atoms with Gasteiger partial charge in [0.1, 0.15) is 23.1 Å². The van der Waals surface area contributed by atoms with Gasteiger partial charge < -0.3 is 15.4 Å². The van der Waals surface area contributed by atoms with Gasteiger partial charge in [-0.2, -0.15) is 4.98 Å². The number of carbonyl (C=O) groups excluding carboxylic acids is 1. The van der Waals surface area contributed by atoms with Gasteiger partial charge >= 0.3 is 5.97 Å². The average molecular weight is 370 g/mol. The van der Waals surface area contributed by atoms with E-state index in [0.29, 0.717) is 16.9 Å². The average Bonchev–Trinajstić information content (AvgIpc) is 2.64. The van der Waals surface area contributed by atoms with Gasteiger partial charge in [-0.25, -0.2) is 18.6 Å². The summed E-state index contributed by atoms with van der Waals surface area (Å²) in [5.74, 6) is -1.41. The lowest BCUT2D eigenvalue weighted by Crippen LogP contribution is -2.05. The number of methoxy groups -OCH3 is 1. The van der Waals surface area contributed by atoms with E-state index >= 15 is 0 Å². The molecule has 0 atom stereocenters. The molecule has 0 aliphatic heterocycles. The van der Waals surface area contributed by atoms with Crippen molar-refractivity contribution in [2.75, 3.05) is 17.7 Å². The largest absolute Gasteiger partial charge is 0.465 e. The van der Waals surface area contributed by atoms with Crippen LogP contribution in [0.4, 0.5) is 31.9 Å². The zero-order valence-electron chi connectivity index (χ0n) is 14.6. The molecule has 0 fully saturated rings. The number of aryl methyl sites for hydroxylation is 1. The van der Waals surface area contributed by atoms with E-state index in [1.807, 2.05) is 0 Å². The van der Waals surface area contributed by atoms with Crippen molar-refractivity contribution in [2.24, 2.45) is 0 Å². The first-order valence-electron chi connectivity index (χ1n) is 7.98. The number of rotatable bonds is 5.